The molecule has 0 bridgehead atoms. The first kappa shape index (κ1) is 9.85. The third-order valence-corrected chi connectivity index (χ3v) is 2.80. The molecular weight excluding hydrogens is 212 g/mol. The maximum absolute atomic E-state index is 12.1. The maximum atomic E-state index is 12.1. The minimum Gasteiger partial charge on any atom is -0.472 e. The fraction of sp³-hybridized carbons (Fsp3) is 0. The van der Waals surface area contributed by atoms with Gasteiger partial charge in [-0.3, -0.25) is 4.79 Å². The van der Waals surface area contributed by atoms with Crippen molar-refractivity contribution in [3.8, 4) is 0 Å². The Morgan fingerprint density at radius 2 is 1.71 bits per heavy atom. The predicted molar refractivity (Wildman–Crippen MR) is 66.1 cm³/mol. The minimum atomic E-state index is -0.00972. The number of hydrogen-bond donors (Lipinski definition) is 0. The fourth-order valence-corrected chi connectivity index (χ4v) is 1.89. The van der Waals surface area contributed by atoms with Crippen molar-refractivity contribution in [2.24, 2.45) is 0 Å². The van der Waals surface area contributed by atoms with Crippen LogP contribution in [-0.2, 0) is 0 Å². The van der Waals surface area contributed by atoms with Gasteiger partial charge < -0.3 is 4.42 Å². The van der Waals surface area contributed by atoms with Gasteiger partial charge in [0.15, 0.2) is 5.78 Å². The van der Waals surface area contributed by atoms with Crippen LogP contribution in [0.25, 0.3) is 10.8 Å². The Morgan fingerprint density at radius 3 is 2.47 bits per heavy atom. The average Bonchev–Trinajstić information content (AvgIpc) is 2.91. The van der Waals surface area contributed by atoms with E-state index in [9.17, 15) is 4.79 Å². The Balaban J connectivity index is 2.09. The third kappa shape index (κ3) is 1.74. The van der Waals surface area contributed by atoms with Crippen LogP contribution in [0.1, 0.15) is 15.9 Å². The first-order valence-corrected chi connectivity index (χ1v) is 5.40. The third-order valence-electron chi connectivity index (χ3n) is 2.80. The molecule has 0 spiro atoms. The van der Waals surface area contributed by atoms with E-state index in [1.807, 2.05) is 42.5 Å². The molecule has 0 aliphatic rings. The van der Waals surface area contributed by atoms with Crippen molar-refractivity contribution in [1.82, 2.24) is 0 Å². The second kappa shape index (κ2) is 3.91. The molecular formula is C15H10O2. The summed E-state index contributed by atoms with van der Waals surface area (Å²) in [5.74, 6) is -0.00972. The van der Waals surface area contributed by atoms with Gasteiger partial charge in [0.2, 0.25) is 0 Å². The highest BCUT2D eigenvalue weighted by atomic mass is 16.3. The van der Waals surface area contributed by atoms with Crippen LogP contribution in [0, 0.1) is 0 Å². The van der Waals surface area contributed by atoms with Crippen LogP contribution >= 0.6 is 0 Å². The Labute approximate surface area is 98.5 Å². The molecule has 0 aliphatic carbocycles. The SMILES string of the molecule is O=C(c1ccoc1)c1ccc2ccccc2c1. The Bertz CT molecular complexity index is 666. The molecule has 0 unspecified atom stereocenters. The fourth-order valence-electron chi connectivity index (χ4n) is 1.89. The molecule has 0 radical (unpaired) electrons. The van der Waals surface area contributed by atoms with E-state index in [2.05, 4.69) is 0 Å². The summed E-state index contributed by atoms with van der Waals surface area (Å²) in [6.45, 7) is 0. The van der Waals surface area contributed by atoms with Crippen LogP contribution in [0.4, 0.5) is 0 Å². The van der Waals surface area contributed by atoms with E-state index in [1.54, 1.807) is 6.07 Å². The number of carbonyl (C=O) groups is 1. The van der Waals surface area contributed by atoms with Gasteiger partial charge in [-0.2, -0.15) is 0 Å². The highest BCUT2D eigenvalue weighted by Gasteiger charge is 2.10. The Morgan fingerprint density at radius 1 is 0.882 bits per heavy atom. The van der Waals surface area contributed by atoms with Crippen LogP contribution < -0.4 is 0 Å². The summed E-state index contributed by atoms with van der Waals surface area (Å²) in [6.07, 6.45) is 2.98. The molecule has 82 valence electrons. The smallest absolute Gasteiger partial charge is 0.196 e. The number of fused-ring (bicyclic) bond motifs is 1. The van der Waals surface area contributed by atoms with Crippen molar-refractivity contribution < 1.29 is 9.21 Å². The summed E-state index contributed by atoms with van der Waals surface area (Å²) in [6, 6.07) is 15.4. The average molecular weight is 222 g/mol. The molecule has 0 fully saturated rings. The number of benzene rings is 2. The summed E-state index contributed by atoms with van der Waals surface area (Å²) in [4.78, 5) is 12.1. The highest BCUT2D eigenvalue weighted by Crippen LogP contribution is 2.18. The second-order valence-electron chi connectivity index (χ2n) is 3.90. The van der Waals surface area contributed by atoms with Crippen molar-refractivity contribution in [3.05, 3.63) is 72.2 Å². The van der Waals surface area contributed by atoms with Crippen LogP contribution in [-0.4, -0.2) is 5.78 Å². The van der Waals surface area contributed by atoms with Gasteiger partial charge in [0.05, 0.1) is 11.8 Å². The zero-order valence-electron chi connectivity index (χ0n) is 9.09. The Hall–Kier alpha value is -2.35. The molecule has 1 heterocycles. The van der Waals surface area contributed by atoms with Gasteiger partial charge >= 0.3 is 0 Å². The molecule has 17 heavy (non-hydrogen) atoms. The molecule has 0 N–H and O–H groups in total. The van der Waals surface area contributed by atoms with Gasteiger partial charge in [-0.1, -0.05) is 36.4 Å². The minimum absolute atomic E-state index is 0.00972. The van der Waals surface area contributed by atoms with Crippen molar-refractivity contribution in [1.29, 1.82) is 0 Å². The van der Waals surface area contributed by atoms with E-state index in [0.29, 0.717) is 11.1 Å². The number of rotatable bonds is 2. The lowest BCUT2D eigenvalue weighted by molar-refractivity contribution is 0.103. The normalized spacial score (nSPS) is 10.6. The molecule has 3 rings (SSSR count). The monoisotopic (exact) mass is 222 g/mol. The van der Waals surface area contributed by atoms with Crippen molar-refractivity contribution >= 4 is 16.6 Å². The summed E-state index contributed by atoms with van der Waals surface area (Å²) in [5, 5.41) is 2.21. The van der Waals surface area contributed by atoms with Gasteiger partial charge in [-0.15, -0.1) is 0 Å². The van der Waals surface area contributed by atoms with E-state index >= 15 is 0 Å². The first-order valence-electron chi connectivity index (χ1n) is 5.40. The van der Waals surface area contributed by atoms with Gasteiger partial charge in [-0.05, 0) is 22.9 Å². The highest BCUT2D eigenvalue weighted by molar-refractivity contribution is 6.10. The molecule has 1 aromatic heterocycles. The lowest BCUT2D eigenvalue weighted by Crippen LogP contribution is -1.98. The van der Waals surface area contributed by atoms with E-state index in [-0.39, 0.29) is 5.78 Å². The van der Waals surface area contributed by atoms with E-state index in [4.69, 9.17) is 4.42 Å². The van der Waals surface area contributed by atoms with Crippen LogP contribution in [0.3, 0.4) is 0 Å². The molecule has 0 amide bonds. The molecule has 2 heteroatoms. The van der Waals surface area contributed by atoms with Gasteiger partial charge in [0, 0.05) is 5.56 Å². The zero-order chi connectivity index (χ0) is 11.7. The first-order chi connectivity index (χ1) is 8.34. The number of ketones is 1. The second-order valence-corrected chi connectivity index (χ2v) is 3.90. The summed E-state index contributed by atoms with van der Waals surface area (Å²) < 4.78 is 4.92. The largest absolute Gasteiger partial charge is 0.472 e. The quantitative estimate of drug-likeness (QED) is 0.619. The molecule has 3 aromatic rings. The standard InChI is InChI=1S/C15H10O2/c16-15(14-7-8-17-10-14)13-6-5-11-3-1-2-4-12(11)9-13/h1-10H. The van der Waals surface area contributed by atoms with Crippen LogP contribution in [0.5, 0.6) is 0 Å². The molecule has 2 aromatic carbocycles. The lowest BCUT2D eigenvalue weighted by Gasteiger charge is -2.01. The van der Waals surface area contributed by atoms with Crippen molar-refractivity contribution in [2.75, 3.05) is 0 Å². The molecule has 0 atom stereocenters. The lowest BCUT2D eigenvalue weighted by atomic mass is 10.0. The van der Waals surface area contributed by atoms with Crippen molar-refractivity contribution in [2.45, 2.75) is 0 Å². The van der Waals surface area contributed by atoms with E-state index < -0.39 is 0 Å². The van der Waals surface area contributed by atoms with E-state index in [1.165, 1.54) is 12.5 Å². The molecule has 0 saturated carbocycles. The van der Waals surface area contributed by atoms with Crippen LogP contribution in [0.2, 0.25) is 0 Å². The zero-order valence-corrected chi connectivity index (χ0v) is 9.09. The van der Waals surface area contributed by atoms with Gasteiger partial charge in [-0.25, -0.2) is 0 Å². The van der Waals surface area contributed by atoms with Gasteiger partial charge in [0.25, 0.3) is 0 Å². The summed E-state index contributed by atoms with van der Waals surface area (Å²) in [7, 11) is 0. The number of hydrogen-bond acceptors (Lipinski definition) is 2. The van der Waals surface area contributed by atoms with Crippen molar-refractivity contribution in [3.63, 3.8) is 0 Å². The van der Waals surface area contributed by atoms with Crippen LogP contribution in [0.15, 0.2) is 65.5 Å². The number of furan rings is 1. The topological polar surface area (TPSA) is 30.2 Å². The number of carbonyl (C=O) groups excluding carboxylic acids is 1. The summed E-state index contributed by atoms with van der Waals surface area (Å²) in [5.41, 5.74) is 1.27. The summed E-state index contributed by atoms with van der Waals surface area (Å²) >= 11 is 0. The van der Waals surface area contributed by atoms with E-state index in [0.717, 1.165) is 10.8 Å². The Kier molecular flexibility index (Phi) is 2.26. The van der Waals surface area contributed by atoms with Gasteiger partial charge in [0.1, 0.15) is 6.26 Å². The molecule has 0 saturated heterocycles. The maximum Gasteiger partial charge on any atom is 0.196 e. The molecule has 0 aliphatic heterocycles. The molecule has 2 nitrogen and oxygen atoms in total. The predicted octanol–water partition coefficient (Wildman–Crippen LogP) is 3.66.